The van der Waals surface area contributed by atoms with E-state index in [0.717, 1.165) is 5.56 Å². The van der Waals surface area contributed by atoms with E-state index >= 15 is 0 Å². The fourth-order valence-corrected chi connectivity index (χ4v) is 3.89. The summed E-state index contributed by atoms with van der Waals surface area (Å²) in [6, 6.07) is 6.59. The highest BCUT2D eigenvalue weighted by molar-refractivity contribution is 6.07. The number of Topliss-reactive ketones (excluding diaryl/α,β-unsaturated/α-hetero) is 1. The van der Waals surface area contributed by atoms with Crippen molar-refractivity contribution in [3.05, 3.63) is 57.9 Å². The van der Waals surface area contributed by atoms with Crippen LogP contribution in [0.5, 0.6) is 0 Å². The van der Waals surface area contributed by atoms with Crippen molar-refractivity contribution in [2.45, 2.75) is 47.1 Å². The molecule has 0 N–H and O–H groups in total. The molecule has 0 saturated heterocycles. The number of benzene rings is 1. The molecule has 174 valence electrons. The molecule has 0 saturated carbocycles. The predicted octanol–water partition coefficient (Wildman–Crippen LogP) is 3.88. The average Bonchev–Trinajstić information content (AvgIpc) is 2.98. The number of nitrogens with zero attached hydrogens (tertiary/aromatic N) is 2. The number of ketones is 1. The van der Waals surface area contributed by atoms with Gasteiger partial charge in [-0.15, -0.1) is 0 Å². The predicted molar refractivity (Wildman–Crippen MR) is 123 cm³/mol. The minimum Gasteiger partial charge on any atom is -0.461 e. The Morgan fingerprint density at radius 2 is 1.72 bits per heavy atom. The molecule has 2 rings (SSSR count). The van der Waals surface area contributed by atoms with Crippen LogP contribution >= 0.6 is 0 Å². The number of carbonyl (C=O) groups is 3. The van der Waals surface area contributed by atoms with Crippen molar-refractivity contribution in [3.63, 3.8) is 0 Å². The van der Waals surface area contributed by atoms with Gasteiger partial charge in [0.1, 0.15) is 5.69 Å². The zero-order valence-corrected chi connectivity index (χ0v) is 20.2. The van der Waals surface area contributed by atoms with E-state index in [1.165, 1.54) is 0 Å². The van der Waals surface area contributed by atoms with Gasteiger partial charge in [-0.2, -0.15) is 0 Å². The van der Waals surface area contributed by atoms with E-state index in [4.69, 9.17) is 9.47 Å². The van der Waals surface area contributed by atoms with E-state index in [-0.39, 0.29) is 18.3 Å². The molecule has 0 aliphatic heterocycles. The lowest BCUT2D eigenvalue weighted by molar-refractivity contribution is 0.0513. The largest absolute Gasteiger partial charge is 0.461 e. The van der Waals surface area contributed by atoms with E-state index in [1.807, 2.05) is 19.1 Å². The maximum atomic E-state index is 13.6. The van der Waals surface area contributed by atoms with Crippen molar-refractivity contribution in [3.8, 4) is 0 Å². The second-order valence-corrected chi connectivity index (χ2v) is 7.96. The Morgan fingerprint density at radius 1 is 1.09 bits per heavy atom. The van der Waals surface area contributed by atoms with Crippen LogP contribution in [0.1, 0.15) is 68.3 Å². The SMILES string of the molecule is CCOC(=O)c1c(C)c(C(=O)C(C)N(CCCOC)C(=O)c2ccc(C)cc2)c(C)n1C. The van der Waals surface area contributed by atoms with Crippen molar-refractivity contribution >= 4 is 17.7 Å². The quantitative estimate of drug-likeness (QED) is 0.317. The van der Waals surface area contributed by atoms with Gasteiger partial charge in [0.25, 0.3) is 5.91 Å². The average molecular weight is 443 g/mol. The van der Waals surface area contributed by atoms with Crippen molar-refractivity contribution < 1.29 is 23.9 Å². The Bertz CT molecular complexity index is 975. The molecule has 1 heterocycles. The highest BCUT2D eigenvalue weighted by Gasteiger charge is 2.32. The van der Waals surface area contributed by atoms with E-state index in [0.29, 0.717) is 47.7 Å². The fourth-order valence-electron chi connectivity index (χ4n) is 3.89. The first kappa shape index (κ1) is 25.3. The lowest BCUT2D eigenvalue weighted by atomic mass is 9.99. The molecule has 7 nitrogen and oxygen atoms in total. The fraction of sp³-hybridized carbons (Fsp3) is 0.480. The first-order valence-corrected chi connectivity index (χ1v) is 10.9. The van der Waals surface area contributed by atoms with Crippen LogP contribution in [-0.4, -0.2) is 60.0 Å². The van der Waals surface area contributed by atoms with Gasteiger partial charge in [-0.1, -0.05) is 17.7 Å². The van der Waals surface area contributed by atoms with Gasteiger partial charge in [0, 0.05) is 44.1 Å². The van der Waals surface area contributed by atoms with Crippen LogP contribution in [0, 0.1) is 20.8 Å². The lowest BCUT2D eigenvalue weighted by Crippen LogP contribution is -2.44. The molecule has 1 amide bonds. The zero-order valence-electron chi connectivity index (χ0n) is 20.2. The zero-order chi connectivity index (χ0) is 24.0. The van der Waals surface area contributed by atoms with Gasteiger partial charge in [-0.25, -0.2) is 4.79 Å². The summed E-state index contributed by atoms with van der Waals surface area (Å²) in [5.74, 6) is -0.877. The molecule has 0 spiro atoms. The topological polar surface area (TPSA) is 77.8 Å². The van der Waals surface area contributed by atoms with Gasteiger partial charge < -0.3 is 18.9 Å². The number of amides is 1. The highest BCUT2D eigenvalue weighted by atomic mass is 16.5. The first-order chi connectivity index (χ1) is 15.1. The number of hydrogen-bond acceptors (Lipinski definition) is 5. The number of esters is 1. The van der Waals surface area contributed by atoms with Gasteiger partial charge in [0.2, 0.25) is 0 Å². The van der Waals surface area contributed by atoms with E-state index in [2.05, 4.69) is 0 Å². The first-order valence-electron chi connectivity index (χ1n) is 10.9. The van der Waals surface area contributed by atoms with E-state index in [1.54, 1.807) is 63.5 Å². The Kier molecular flexibility index (Phi) is 8.78. The van der Waals surface area contributed by atoms with Gasteiger partial charge in [0.05, 0.1) is 12.6 Å². The van der Waals surface area contributed by atoms with Gasteiger partial charge >= 0.3 is 5.97 Å². The van der Waals surface area contributed by atoms with E-state index < -0.39 is 12.0 Å². The monoisotopic (exact) mass is 442 g/mol. The Morgan fingerprint density at radius 3 is 2.28 bits per heavy atom. The van der Waals surface area contributed by atoms with Crippen LogP contribution in [0.3, 0.4) is 0 Å². The number of hydrogen-bond donors (Lipinski definition) is 0. The summed E-state index contributed by atoms with van der Waals surface area (Å²) in [5, 5.41) is 0. The number of rotatable bonds is 10. The van der Waals surface area contributed by atoms with Crippen molar-refractivity contribution in [2.75, 3.05) is 26.9 Å². The number of carbonyl (C=O) groups excluding carboxylic acids is 3. The normalized spacial score (nSPS) is 11.8. The summed E-state index contributed by atoms with van der Waals surface area (Å²) in [5.41, 5.74) is 3.63. The standard InChI is InChI=1S/C25H34N2O5/c1-8-32-25(30)22-17(3)21(18(4)26(22)6)23(28)19(5)27(14-9-15-31-7)24(29)20-12-10-16(2)11-13-20/h10-13,19H,8-9,14-15H2,1-7H3. The maximum absolute atomic E-state index is 13.6. The van der Waals surface area contributed by atoms with Crippen LogP contribution in [0.2, 0.25) is 0 Å². The number of methoxy groups -OCH3 is 1. The molecule has 32 heavy (non-hydrogen) atoms. The van der Waals surface area contributed by atoms with Crippen molar-refractivity contribution in [1.82, 2.24) is 9.47 Å². The maximum Gasteiger partial charge on any atom is 0.355 e. The molecule has 1 aromatic heterocycles. The van der Waals surface area contributed by atoms with Crippen LogP contribution in [-0.2, 0) is 16.5 Å². The van der Waals surface area contributed by atoms with Crippen LogP contribution in [0.25, 0.3) is 0 Å². The second-order valence-electron chi connectivity index (χ2n) is 7.96. The summed E-state index contributed by atoms with van der Waals surface area (Å²) in [7, 11) is 3.35. The molecule has 0 fully saturated rings. The number of aryl methyl sites for hydroxylation is 1. The smallest absolute Gasteiger partial charge is 0.355 e. The summed E-state index contributed by atoms with van der Waals surface area (Å²) in [4.78, 5) is 40.9. The van der Waals surface area contributed by atoms with Crippen molar-refractivity contribution in [1.29, 1.82) is 0 Å². The molecule has 0 aliphatic rings. The molecule has 1 atom stereocenters. The van der Waals surface area contributed by atoms with Crippen LogP contribution < -0.4 is 0 Å². The van der Waals surface area contributed by atoms with Crippen LogP contribution in [0.15, 0.2) is 24.3 Å². The summed E-state index contributed by atoms with van der Waals surface area (Å²) in [6.07, 6.45) is 0.604. The van der Waals surface area contributed by atoms with Crippen molar-refractivity contribution in [2.24, 2.45) is 7.05 Å². The Balaban J connectivity index is 2.42. The van der Waals surface area contributed by atoms with Crippen LogP contribution in [0.4, 0.5) is 0 Å². The lowest BCUT2D eigenvalue weighted by Gasteiger charge is -2.29. The highest BCUT2D eigenvalue weighted by Crippen LogP contribution is 2.25. The molecule has 2 aromatic rings. The Labute approximate surface area is 190 Å². The molecule has 1 aromatic carbocycles. The second kappa shape index (κ2) is 11.1. The van der Waals surface area contributed by atoms with E-state index in [9.17, 15) is 14.4 Å². The molecular weight excluding hydrogens is 408 g/mol. The number of ether oxygens (including phenoxy) is 2. The Hall–Kier alpha value is -2.93. The molecule has 0 bridgehead atoms. The molecule has 0 radical (unpaired) electrons. The number of aromatic nitrogens is 1. The minimum absolute atomic E-state index is 0.205. The van der Waals surface area contributed by atoms with Gasteiger partial charge in [0.15, 0.2) is 5.78 Å². The summed E-state index contributed by atoms with van der Waals surface area (Å²) >= 11 is 0. The van der Waals surface area contributed by atoms with Gasteiger partial charge in [-0.3, -0.25) is 9.59 Å². The third-order valence-electron chi connectivity index (χ3n) is 5.80. The summed E-state index contributed by atoms with van der Waals surface area (Å²) in [6.45, 7) is 10.1. The molecule has 7 heteroatoms. The molecular formula is C25H34N2O5. The van der Waals surface area contributed by atoms with Gasteiger partial charge in [-0.05, 0) is 58.7 Å². The summed E-state index contributed by atoms with van der Waals surface area (Å²) < 4.78 is 12.0. The molecule has 0 aliphatic carbocycles. The minimum atomic E-state index is -0.712. The molecule has 1 unspecified atom stereocenters. The third kappa shape index (κ3) is 5.27. The third-order valence-corrected chi connectivity index (χ3v) is 5.80.